The van der Waals surface area contributed by atoms with Gasteiger partial charge in [0.1, 0.15) is 5.82 Å². The molecule has 0 radical (unpaired) electrons. The van der Waals surface area contributed by atoms with Crippen molar-refractivity contribution in [2.24, 2.45) is 5.41 Å². The third kappa shape index (κ3) is 3.65. The summed E-state index contributed by atoms with van der Waals surface area (Å²) >= 11 is 0. The highest BCUT2D eigenvalue weighted by atomic mass is 19.2. The number of carbonyl (C=O) groups excluding carboxylic acids is 1. The topological polar surface area (TPSA) is 23.6 Å². The third-order valence-corrected chi connectivity index (χ3v) is 5.97. The van der Waals surface area contributed by atoms with E-state index < -0.39 is 17.0 Å². The molecule has 2 saturated heterocycles. The summed E-state index contributed by atoms with van der Waals surface area (Å²) < 4.78 is 40.6. The number of halogens is 3. The van der Waals surface area contributed by atoms with E-state index in [2.05, 4.69) is 4.90 Å². The van der Waals surface area contributed by atoms with E-state index in [0.717, 1.165) is 37.9 Å². The Morgan fingerprint density at radius 1 is 0.893 bits per heavy atom. The van der Waals surface area contributed by atoms with E-state index in [9.17, 15) is 18.0 Å². The first-order valence-corrected chi connectivity index (χ1v) is 9.66. The lowest BCUT2D eigenvalue weighted by Crippen LogP contribution is -2.49. The molecule has 6 heteroatoms. The number of hydrogen-bond donors (Lipinski definition) is 0. The van der Waals surface area contributed by atoms with Gasteiger partial charge in [0, 0.05) is 31.7 Å². The summed E-state index contributed by atoms with van der Waals surface area (Å²) in [5.41, 5.74) is 0.772. The van der Waals surface area contributed by atoms with Crippen LogP contribution in [0.3, 0.4) is 0 Å². The Hall–Kier alpha value is -2.34. The van der Waals surface area contributed by atoms with Crippen molar-refractivity contribution < 1.29 is 18.0 Å². The van der Waals surface area contributed by atoms with Gasteiger partial charge in [0.25, 0.3) is 0 Å². The number of amides is 1. The van der Waals surface area contributed by atoms with E-state index in [4.69, 9.17) is 0 Å². The molecule has 2 aromatic rings. The van der Waals surface area contributed by atoms with Crippen molar-refractivity contribution in [2.45, 2.75) is 32.4 Å². The van der Waals surface area contributed by atoms with Gasteiger partial charge in [-0.2, -0.15) is 0 Å². The maximum absolute atomic E-state index is 14.0. The van der Waals surface area contributed by atoms with Crippen molar-refractivity contribution in [1.82, 2.24) is 9.80 Å². The van der Waals surface area contributed by atoms with Crippen LogP contribution >= 0.6 is 0 Å². The fourth-order valence-corrected chi connectivity index (χ4v) is 4.50. The molecular weight excluding hydrogens is 365 g/mol. The van der Waals surface area contributed by atoms with Crippen molar-refractivity contribution in [3.8, 4) is 0 Å². The Labute approximate surface area is 162 Å². The summed E-state index contributed by atoms with van der Waals surface area (Å²) in [6.07, 6.45) is 2.44. The lowest BCUT2D eigenvalue weighted by Gasteiger charge is -2.39. The highest BCUT2D eigenvalue weighted by Gasteiger charge is 2.48. The molecule has 0 N–H and O–H groups in total. The quantitative estimate of drug-likeness (QED) is 0.787. The van der Waals surface area contributed by atoms with Crippen molar-refractivity contribution in [2.75, 3.05) is 19.6 Å². The molecule has 0 bridgehead atoms. The normalized spacial score (nSPS) is 23.0. The number of likely N-dealkylation sites (tertiary alicyclic amines) is 2. The minimum atomic E-state index is -0.895. The van der Waals surface area contributed by atoms with Crippen molar-refractivity contribution in [3.05, 3.63) is 71.0 Å². The molecule has 2 fully saturated rings. The first-order chi connectivity index (χ1) is 13.5. The smallest absolute Gasteiger partial charge is 0.230 e. The number of benzene rings is 2. The number of rotatable bonds is 4. The van der Waals surface area contributed by atoms with Crippen LogP contribution < -0.4 is 0 Å². The largest absolute Gasteiger partial charge is 0.338 e. The minimum absolute atomic E-state index is 0.0690. The molecule has 2 aromatic carbocycles. The van der Waals surface area contributed by atoms with Gasteiger partial charge >= 0.3 is 0 Å². The zero-order valence-electron chi connectivity index (χ0n) is 15.6. The van der Waals surface area contributed by atoms with Crippen molar-refractivity contribution in [1.29, 1.82) is 0 Å². The zero-order valence-corrected chi connectivity index (χ0v) is 15.6. The maximum atomic E-state index is 14.0. The van der Waals surface area contributed by atoms with Gasteiger partial charge in [-0.05, 0) is 49.6 Å². The SMILES string of the molecule is O=C1N(Cc2ccc(F)c(F)c2)CCCC12CCN(Cc1ccccc1F)C2. The van der Waals surface area contributed by atoms with Crippen LogP contribution in [0.5, 0.6) is 0 Å². The third-order valence-electron chi connectivity index (χ3n) is 5.97. The Balaban J connectivity index is 1.45. The minimum Gasteiger partial charge on any atom is -0.338 e. The van der Waals surface area contributed by atoms with Gasteiger partial charge in [0.05, 0.1) is 5.41 Å². The fraction of sp³-hybridized carbons (Fsp3) is 0.409. The first kappa shape index (κ1) is 19.0. The Bertz CT molecular complexity index is 888. The van der Waals surface area contributed by atoms with Crippen LogP contribution in [-0.4, -0.2) is 35.3 Å². The van der Waals surface area contributed by atoms with Gasteiger partial charge in [-0.3, -0.25) is 9.69 Å². The summed E-state index contributed by atoms with van der Waals surface area (Å²) in [6, 6.07) is 10.5. The van der Waals surface area contributed by atoms with Crippen molar-refractivity contribution in [3.63, 3.8) is 0 Å². The van der Waals surface area contributed by atoms with E-state index in [1.807, 2.05) is 6.07 Å². The standard InChI is InChI=1S/C22H23F3N2O/c23-18-5-2-1-4-17(18)14-26-11-9-22(15-26)8-3-10-27(21(22)28)13-16-6-7-19(24)20(25)12-16/h1-2,4-7,12H,3,8-11,13-15H2. The second-order valence-corrected chi connectivity index (χ2v) is 7.91. The van der Waals surface area contributed by atoms with E-state index >= 15 is 0 Å². The number of carbonyl (C=O) groups is 1. The number of nitrogens with zero attached hydrogens (tertiary/aromatic N) is 2. The average Bonchev–Trinajstić information content (AvgIpc) is 3.08. The highest BCUT2D eigenvalue weighted by molar-refractivity contribution is 5.84. The Morgan fingerprint density at radius 3 is 2.50 bits per heavy atom. The van der Waals surface area contributed by atoms with Crippen LogP contribution in [0, 0.1) is 22.9 Å². The van der Waals surface area contributed by atoms with Gasteiger partial charge in [0.15, 0.2) is 11.6 Å². The summed E-state index contributed by atoms with van der Waals surface area (Å²) in [4.78, 5) is 17.1. The molecule has 148 valence electrons. The van der Waals surface area contributed by atoms with E-state index in [-0.39, 0.29) is 18.3 Å². The van der Waals surface area contributed by atoms with Crippen LogP contribution in [-0.2, 0) is 17.9 Å². The second-order valence-electron chi connectivity index (χ2n) is 7.91. The molecule has 0 saturated carbocycles. The molecule has 28 heavy (non-hydrogen) atoms. The Kier molecular flexibility index (Phi) is 5.15. The molecular formula is C22H23F3N2O. The average molecular weight is 388 g/mol. The summed E-state index contributed by atoms with van der Waals surface area (Å²) in [6.45, 7) is 2.75. The van der Waals surface area contributed by atoms with E-state index in [1.165, 1.54) is 12.1 Å². The summed E-state index contributed by atoms with van der Waals surface area (Å²) in [5.74, 6) is -1.93. The molecule has 1 atom stereocenters. The first-order valence-electron chi connectivity index (χ1n) is 9.66. The lowest BCUT2D eigenvalue weighted by atomic mass is 9.78. The van der Waals surface area contributed by atoms with Crippen LogP contribution in [0.15, 0.2) is 42.5 Å². The molecule has 3 nitrogen and oxygen atoms in total. The van der Waals surface area contributed by atoms with Gasteiger partial charge in [-0.25, -0.2) is 13.2 Å². The molecule has 1 amide bonds. The fourth-order valence-electron chi connectivity index (χ4n) is 4.50. The van der Waals surface area contributed by atoms with Crippen LogP contribution in [0.2, 0.25) is 0 Å². The molecule has 1 unspecified atom stereocenters. The van der Waals surface area contributed by atoms with Gasteiger partial charge < -0.3 is 4.90 Å². The molecule has 2 aliphatic rings. The van der Waals surface area contributed by atoms with Crippen LogP contribution in [0.25, 0.3) is 0 Å². The predicted molar refractivity (Wildman–Crippen MR) is 99.7 cm³/mol. The molecule has 0 aromatic heterocycles. The highest BCUT2D eigenvalue weighted by Crippen LogP contribution is 2.41. The molecule has 0 aliphatic carbocycles. The summed E-state index contributed by atoms with van der Waals surface area (Å²) in [5, 5.41) is 0. The molecule has 2 aliphatic heterocycles. The van der Waals surface area contributed by atoms with Gasteiger partial charge in [-0.15, -0.1) is 0 Å². The van der Waals surface area contributed by atoms with Crippen LogP contribution in [0.4, 0.5) is 13.2 Å². The Morgan fingerprint density at radius 2 is 1.71 bits per heavy atom. The van der Waals surface area contributed by atoms with E-state index in [1.54, 1.807) is 17.0 Å². The van der Waals surface area contributed by atoms with Gasteiger partial charge in [-0.1, -0.05) is 24.3 Å². The van der Waals surface area contributed by atoms with Crippen LogP contribution in [0.1, 0.15) is 30.4 Å². The zero-order chi connectivity index (χ0) is 19.7. The molecule has 1 spiro atoms. The maximum Gasteiger partial charge on any atom is 0.230 e. The van der Waals surface area contributed by atoms with Crippen molar-refractivity contribution >= 4 is 5.91 Å². The van der Waals surface area contributed by atoms with E-state index in [0.29, 0.717) is 30.8 Å². The summed E-state index contributed by atoms with van der Waals surface area (Å²) in [7, 11) is 0. The monoisotopic (exact) mass is 388 g/mol. The molecule has 4 rings (SSSR count). The lowest BCUT2D eigenvalue weighted by molar-refractivity contribution is -0.146. The molecule has 2 heterocycles. The van der Waals surface area contributed by atoms with Gasteiger partial charge in [0.2, 0.25) is 5.91 Å². The number of hydrogen-bond acceptors (Lipinski definition) is 2. The predicted octanol–water partition coefficient (Wildman–Crippen LogP) is 4.12. The number of piperidine rings is 1. The second kappa shape index (κ2) is 7.59.